The maximum absolute atomic E-state index is 12.3. The summed E-state index contributed by atoms with van der Waals surface area (Å²) in [5.74, 6) is -0.179. The highest BCUT2D eigenvalue weighted by Crippen LogP contribution is 2.22. The molecule has 0 aliphatic heterocycles. The van der Waals surface area contributed by atoms with E-state index in [4.69, 9.17) is 11.6 Å². The van der Waals surface area contributed by atoms with Gasteiger partial charge >= 0.3 is 0 Å². The van der Waals surface area contributed by atoms with Crippen LogP contribution < -0.4 is 5.32 Å². The molecule has 0 unspecified atom stereocenters. The number of aryl methyl sites for hydroxylation is 1. The zero-order valence-electron chi connectivity index (χ0n) is 11.2. The summed E-state index contributed by atoms with van der Waals surface area (Å²) in [7, 11) is 0. The molecule has 0 aliphatic rings. The summed E-state index contributed by atoms with van der Waals surface area (Å²) < 4.78 is 0.722. The number of hydrogen-bond donors (Lipinski definition) is 1. The number of amides is 1. The summed E-state index contributed by atoms with van der Waals surface area (Å²) in [4.78, 5) is 12.3. The number of rotatable bonds is 5. The lowest BCUT2D eigenvalue weighted by molar-refractivity contribution is 0.102. The molecule has 0 saturated carbocycles. The molecule has 0 spiro atoms. The molecule has 0 bridgehead atoms. The van der Waals surface area contributed by atoms with Crippen molar-refractivity contribution in [2.75, 3.05) is 10.6 Å². The van der Waals surface area contributed by atoms with Crippen LogP contribution in [0, 0.1) is 0 Å². The first-order chi connectivity index (χ1) is 10.1. The Morgan fingerprint density at radius 2 is 2.00 bits per heavy atom. The van der Waals surface area contributed by atoms with Crippen molar-refractivity contribution in [2.24, 2.45) is 0 Å². The van der Waals surface area contributed by atoms with E-state index in [1.807, 2.05) is 18.2 Å². The maximum Gasteiger partial charge on any atom is 0.256 e. The number of halogens is 3. The topological polar surface area (TPSA) is 29.1 Å². The van der Waals surface area contributed by atoms with E-state index in [2.05, 4.69) is 43.2 Å². The van der Waals surface area contributed by atoms with Crippen molar-refractivity contribution in [3.8, 4) is 0 Å². The predicted molar refractivity (Wildman–Crippen MR) is 95.7 cm³/mol. The van der Waals surface area contributed by atoms with Crippen LogP contribution in [0.5, 0.6) is 0 Å². The average Bonchev–Trinajstić information content (AvgIpc) is 2.48. The van der Waals surface area contributed by atoms with E-state index < -0.39 is 0 Å². The van der Waals surface area contributed by atoms with Crippen LogP contribution in [-0.2, 0) is 6.42 Å². The molecule has 0 fully saturated rings. The monoisotopic (exact) mass is 429 g/mol. The van der Waals surface area contributed by atoms with Gasteiger partial charge in [0.05, 0.1) is 5.56 Å². The highest BCUT2D eigenvalue weighted by Gasteiger charge is 2.11. The van der Waals surface area contributed by atoms with Crippen molar-refractivity contribution in [3.05, 3.63) is 63.1 Å². The number of carbonyl (C=O) groups excluding carboxylic acids is 1. The molecule has 1 amide bonds. The van der Waals surface area contributed by atoms with Crippen LogP contribution in [0.15, 0.2) is 46.9 Å². The molecule has 0 saturated heterocycles. The van der Waals surface area contributed by atoms with Gasteiger partial charge in [0.2, 0.25) is 0 Å². The van der Waals surface area contributed by atoms with Crippen LogP contribution in [0.25, 0.3) is 0 Å². The standard InChI is InChI=1S/C16H14Br2ClNO/c17-8-2-4-11-3-1-5-13(9-11)20-16(21)14-10-12(19)6-7-15(14)18/h1,3,5-7,9-10H,2,4,8H2,(H,20,21). The quantitative estimate of drug-likeness (QED) is 0.606. The number of nitrogens with one attached hydrogen (secondary N) is 1. The fourth-order valence-electron chi connectivity index (χ4n) is 1.95. The zero-order valence-corrected chi connectivity index (χ0v) is 15.1. The number of carbonyl (C=O) groups is 1. The molecule has 0 atom stereocenters. The molecule has 2 nitrogen and oxygen atoms in total. The molecule has 0 radical (unpaired) electrons. The number of hydrogen-bond acceptors (Lipinski definition) is 1. The van der Waals surface area contributed by atoms with Gasteiger partial charge in [-0.1, -0.05) is 39.7 Å². The normalized spacial score (nSPS) is 10.4. The van der Waals surface area contributed by atoms with Crippen LogP contribution in [0.3, 0.4) is 0 Å². The first kappa shape index (κ1) is 16.5. The van der Waals surface area contributed by atoms with Gasteiger partial charge in [0.15, 0.2) is 0 Å². The third-order valence-corrected chi connectivity index (χ3v) is 4.44. The maximum atomic E-state index is 12.3. The molecule has 0 heterocycles. The summed E-state index contributed by atoms with van der Waals surface area (Å²) in [6.45, 7) is 0. The summed E-state index contributed by atoms with van der Waals surface area (Å²) in [5.41, 5.74) is 2.52. The Morgan fingerprint density at radius 1 is 1.19 bits per heavy atom. The largest absolute Gasteiger partial charge is 0.322 e. The third-order valence-electron chi connectivity index (χ3n) is 2.96. The molecule has 0 aromatic heterocycles. The number of anilines is 1. The average molecular weight is 432 g/mol. The van der Waals surface area contributed by atoms with Gasteiger partial charge in [0.25, 0.3) is 5.91 Å². The minimum Gasteiger partial charge on any atom is -0.322 e. The van der Waals surface area contributed by atoms with Crippen LogP contribution >= 0.6 is 43.5 Å². The molecule has 110 valence electrons. The number of benzene rings is 2. The molecular weight excluding hydrogens is 417 g/mol. The van der Waals surface area contributed by atoms with E-state index in [9.17, 15) is 4.79 Å². The van der Waals surface area contributed by atoms with Crippen LogP contribution in [0.1, 0.15) is 22.3 Å². The Morgan fingerprint density at radius 3 is 2.76 bits per heavy atom. The molecule has 2 aromatic rings. The number of alkyl halides is 1. The van der Waals surface area contributed by atoms with Gasteiger partial charge < -0.3 is 5.32 Å². The lowest BCUT2D eigenvalue weighted by Crippen LogP contribution is -2.12. The molecule has 5 heteroatoms. The van der Waals surface area contributed by atoms with Crippen molar-refractivity contribution >= 4 is 55.1 Å². The molecule has 2 aromatic carbocycles. The minimum absolute atomic E-state index is 0.179. The smallest absolute Gasteiger partial charge is 0.256 e. The minimum atomic E-state index is -0.179. The van der Waals surface area contributed by atoms with Gasteiger partial charge in [-0.05, 0) is 64.7 Å². The Hall–Kier alpha value is -0.840. The van der Waals surface area contributed by atoms with Gasteiger partial charge in [-0.3, -0.25) is 4.79 Å². The summed E-state index contributed by atoms with van der Waals surface area (Å²) in [6.07, 6.45) is 2.05. The highest BCUT2D eigenvalue weighted by molar-refractivity contribution is 9.10. The van der Waals surface area contributed by atoms with Gasteiger partial charge in [0, 0.05) is 20.5 Å². The van der Waals surface area contributed by atoms with E-state index in [1.165, 1.54) is 5.56 Å². The first-order valence-corrected chi connectivity index (χ1v) is 8.80. The Kier molecular flexibility index (Phi) is 6.27. The molecule has 2 rings (SSSR count). The van der Waals surface area contributed by atoms with Gasteiger partial charge in [0.1, 0.15) is 0 Å². The Bertz CT molecular complexity index is 646. The predicted octanol–water partition coefficient (Wildman–Crippen LogP) is 5.68. The second-order valence-electron chi connectivity index (χ2n) is 4.57. The van der Waals surface area contributed by atoms with Crippen molar-refractivity contribution in [1.29, 1.82) is 0 Å². The van der Waals surface area contributed by atoms with E-state index in [0.29, 0.717) is 10.6 Å². The Labute approximate surface area is 146 Å². The van der Waals surface area contributed by atoms with Crippen molar-refractivity contribution in [1.82, 2.24) is 0 Å². The summed E-state index contributed by atoms with van der Waals surface area (Å²) in [6, 6.07) is 13.1. The third kappa shape index (κ3) is 4.83. The van der Waals surface area contributed by atoms with E-state index >= 15 is 0 Å². The van der Waals surface area contributed by atoms with Crippen LogP contribution in [0.4, 0.5) is 5.69 Å². The fraction of sp³-hybridized carbons (Fsp3) is 0.188. The van der Waals surface area contributed by atoms with Crippen LogP contribution in [-0.4, -0.2) is 11.2 Å². The van der Waals surface area contributed by atoms with Crippen LogP contribution in [0.2, 0.25) is 5.02 Å². The van der Waals surface area contributed by atoms with Gasteiger partial charge in [-0.15, -0.1) is 0 Å². The van der Waals surface area contributed by atoms with Gasteiger partial charge in [-0.25, -0.2) is 0 Å². The second kappa shape index (κ2) is 7.97. The zero-order chi connectivity index (χ0) is 15.2. The van der Waals surface area contributed by atoms with Gasteiger partial charge in [-0.2, -0.15) is 0 Å². The molecular formula is C16H14Br2ClNO. The van der Waals surface area contributed by atoms with E-state index in [1.54, 1.807) is 18.2 Å². The SMILES string of the molecule is O=C(Nc1cccc(CCCBr)c1)c1cc(Cl)ccc1Br. The first-order valence-electron chi connectivity index (χ1n) is 6.51. The highest BCUT2D eigenvalue weighted by atomic mass is 79.9. The fourth-order valence-corrected chi connectivity index (χ4v) is 2.82. The second-order valence-corrected chi connectivity index (χ2v) is 6.65. The lowest BCUT2D eigenvalue weighted by Gasteiger charge is -2.09. The lowest BCUT2D eigenvalue weighted by atomic mass is 10.1. The van der Waals surface area contributed by atoms with E-state index in [-0.39, 0.29) is 5.91 Å². The molecule has 0 aliphatic carbocycles. The Balaban J connectivity index is 2.14. The van der Waals surface area contributed by atoms with E-state index in [0.717, 1.165) is 28.3 Å². The molecule has 21 heavy (non-hydrogen) atoms. The van der Waals surface area contributed by atoms with Crippen molar-refractivity contribution in [3.63, 3.8) is 0 Å². The summed E-state index contributed by atoms with van der Waals surface area (Å²) >= 11 is 12.7. The molecule has 1 N–H and O–H groups in total. The van der Waals surface area contributed by atoms with Crippen molar-refractivity contribution < 1.29 is 4.79 Å². The summed E-state index contributed by atoms with van der Waals surface area (Å²) in [5, 5.41) is 4.41. The van der Waals surface area contributed by atoms with Crippen molar-refractivity contribution in [2.45, 2.75) is 12.8 Å².